The van der Waals surface area contributed by atoms with E-state index in [-0.39, 0.29) is 5.91 Å². The maximum Gasteiger partial charge on any atom is 0.248 e. The van der Waals surface area contributed by atoms with Crippen molar-refractivity contribution in [3.05, 3.63) is 35.4 Å². The van der Waals surface area contributed by atoms with Crippen molar-refractivity contribution >= 4 is 5.91 Å². The van der Waals surface area contributed by atoms with Crippen molar-refractivity contribution in [2.24, 2.45) is 5.73 Å². The van der Waals surface area contributed by atoms with Crippen LogP contribution in [0.4, 0.5) is 0 Å². The minimum Gasteiger partial charge on any atom is -0.379 e. The molecular weight excluding hydrogens is 254 g/mol. The van der Waals surface area contributed by atoms with Crippen LogP contribution in [0.3, 0.4) is 0 Å². The standard InChI is InChI=1S/C15H23N3O2/c1-12(11-18-6-8-20-9-7-18)17-10-13-2-4-14(5-3-13)15(16)19/h2-5,12,17H,6-11H2,1H3,(H2,16,19). The second kappa shape index (κ2) is 7.38. The number of nitrogens with one attached hydrogen (secondary N) is 1. The predicted octanol–water partition coefficient (Wildman–Crippen LogP) is 0.596. The minimum atomic E-state index is -0.384. The highest BCUT2D eigenvalue weighted by atomic mass is 16.5. The van der Waals surface area contributed by atoms with Crippen molar-refractivity contribution in [3.63, 3.8) is 0 Å². The van der Waals surface area contributed by atoms with E-state index in [1.165, 1.54) is 0 Å². The zero-order valence-electron chi connectivity index (χ0n) is 12.0. The Morgan fingerprint density at radius 3 is 2.60 bits per heavy atom. The van der Waals surface area contributed by atoms with Crippen molar-refractivity contribution in [1.29, 1.82) is 0 Å². The largest absolute Gasteiger partial charge is 0.379 e. The van der Waals surface area contributed by atoms with Gasteiger partial charge in [0, 0.05) is 37.8 Å². The molecule has 1 amide bonds. The third-order valence-electron chi connectivity index (χ3n) is 3.53. The number of morpholine rings is 1. The molecule has 1 saturated heterocycles. The Morgan fingerprint density at radius 2 is 2.00 bits per heavy atom. The number of carbonyl (C=O) groups is 1. The fraction of sp³-hybridized carbons (Fsp3) is 0.533. The summed E-state index contributed by atoms with van der Waals surface area (Å²) in [7, 11) is 0. The maximum absolute atomic E-state index is 11.0. The predicted molar refractivity (Wildman–Crippen MR) is 78.5 cm³/mol. The molecule has 20 heavy (non-hydrogen) atoms. The molecule has 1 aliphatic rings. The lowest BCUT2D eigenvalue weighted by Gasteiger charge is -2.29. The van der Waals surface area contributed by atoms with Crippen LogP contribution in [0, 0.1) is 0 Å². The van der Waals surface area contributed by atoms with Gasteiger partial charge in [0.05, 0.1) is 13.2 Å². The normalized spacial score (nSPS) is 17.9. The van der Waals surface area contributed by atoms with Crippen LogP contribution in [0.5, 0.6) is 0 Å². The lowest BCUT2D eigenvalue weighted by molar-refractivity contribution is 0.0343. The number of ether oxygens (including phenoxy) is 1. The molecule has 1 aromatic rings. The average Bonchev–Trinajstić information content (AvgIpc) is 2.46. The molecule has 110 valence electrons. The summed E-state index contributed by atoms with van der Waals surface area (Å²) in [6.45, 7) is 7.71. The molecule has 0 aliphatic carbocycles. The van der Waals surface area contributed by atoms with Crippen LogP contribution < -0.4 is 11.1 Å². The van der Waals surface area contributed by atoms with Gasteiger partial charge in [-0.25, -0.2) is 0 Å². The van der Waals surface area contributed by atoms with Gasteiger partial charge in [-0.2, -0.15) is 0 Å². The Kier molecular flexibility index (Phi) is 5.52. The molecule has 1 aliphatic heterocycles. The van der Waals surface area contributed by atoms with Crippen molar-refractivity contribution in [2.75, 3.05) is 32.8 Å². The van der Waals surface area contributed by atoms with Crippen LogP contribution in [0.15, 0.2) is 24.3 Å². The summed E-state index contributed by atoms with van der Waals surface area (Å²) in [5.41, 5.74) is 6.93. The topological polar surface area (TPSA) is 67.6 Å². The first kappa shape index (κ1) is 15.0. The molecule has 0 aromatic heterocycles. The van der Waals surface area contributed by atoms with E-state index < -0.39 is 0 Å². The monoisotopic (exact) mass is 277 g/mol. The second-order valence-corrected chi connectivity index (χ2v) is 5.26. The number of primary amides is 1. The number of hydrogen-bond donors (Lipinski definition) is 2. The number of nitrogens with two attached hydrogens (primary N) is 1. The number of hydrogen-bond acceptors (Lipinski definition) is 4. The lowest BCUT2D eigenvalue weighted by Crippen LogP contribution is -2.44. The molecular formula is C15H23N3O2. The van der Waals surface area contributed by atoms with Gasteiger partial charge in [-0.3, -0.25) is 9.69 Å². The van der Waals surface area contributed by atoms with Crippen LogP contribution in [0.25, 0.3) is 0 Å². The first-order valence-corrected chi connectivity index (χ1v) is 7.07. The SMILES string of the molecule is CC(CN1CCOCC1)NCc1ccc(C(N)=O)cc1. The highest BCUT2D eigenvalue weighted by molar-refractivity contribution is 5.92. The van der Waals surface area contributed by atoms with Crippen LogP contribution in [-0.4, -0.2) is 49.7 Å². The van der Waals surface area contributed by atoms with Crippen molar-refractivity contribution in [3.8, 4) is 0 Å². The van der Waals surface area contributed by atoms with E-state index in [1.807, 2.05) is 12.1 Å². The summed E-state index contributed by atoms with van der Waals surface area (Å²) in [6, 6.07) is 7.84. The molecule has 1 fully saturated rings. The van der Waals surface area contributed by atoms with Gasteiger partial charge in [-0.15, -0.1) is 0 Å². The Labute approximate surface area is 120 Å². The van der Waals surface area contributed by atoms with Crippen LogP contribution in [0.1, 0.15) is 22.8 Å². The zero-order valence-corrected chi connectivity index (χ0v) is 12.0. The van der Waals surface area contributed by atoms with Gasteiger partial charge in [0.25, 0.3) is 0 Å². The van der Waals surface area contributed by atoms with Crippen LogP contribution in [-0.2, 0) is 11.3 Å². The Bertz CT molecular complexity index is 427. The molecule has 1 aromatic carbocycles. The minimum absolute atomic E-state index is 0.384. The quantitative estimate of drug-likeness (QED) is 0.799. The molecule has 1 heterocycles. The van der Waals surface area contributed by atoms with Crippen LogP contribution >= 0.6 is 0 Å². The van der Waals surface area contributed by atoms with Gasteiger partial charge in [-0.1, -0.05) is 12.1 Å². The smallest absolute Gasteiger partial charge is 0.248 e. The fourth-order valence-electron chi connectivity index (χ4n) is 2.31. The lowest BCUT2D eigenvalue weighted by atomic mass is 10.1. The van der Waals surface area contributed by atoms with E-state index in [9.17, 15) is 4.79 Å². The van der Waals surface area contributed by atoms with Gasteiger partial charge in [0.1, 0.15) is 0 Å². The third-order valence-corrected chi connectivity index (χ3v) is 3.53. The summed E-state index contributed by atoms with van der Waals surface area (Å²) in [5, 5.41) is 3.50. The summed E-state index contributed by atoms with van der Waals surface area (Å²) < 4.78 is 5.34. The van der Waals surface area contributed by atoms with Crippen molar-refractivity contribution in [2.45, 2.75) is 19.5 Å². The molecule has 0 radical (unpaired) electrons. The second-order valence-electron chi connectivity index (χ2n) is 5.26. The summed E-state index contributed by atoms with van der Waals surface area (Å²) in [4.78, 5) is 13.4. The summed E-state index contributed by atoms with van der Waals surface area (Å²) in [5.74, 6) is -0.384. The molecule has 5 heteroatoms. The van der Waals surface area contributed by atoms with Gasteiger partial charge < -0.3 is 15.8 Å². The molecule has 0 bridgehead atoms. The number of carbonyl (C=O) groups excluding carboxylic acids is 1. The maximum atomic E-state index is 11.0. The highest BCUT2D eigenvalue weighted by Gasteiger charge is 2.13. The average molecular weight is 277 g/mol. The van der Waals surface area contributed by atoms with Crippen molar-refractivity contribution < 1.29 is 9.53 Å². The van der Waals surface area contributed by atoms with Gasteiger partial charge in [0.2, 0.25) is 5.91 Å². The first-order chi connectivity index (χ1) is 9.65. The Balaban J connectivity index is 1.74. The van der Waals surface area contributed by atoms with E-state index in [4.69, 9.17) is 10.5 Å². The molecule has 3 N–H and O–H groups in total. The Morgan fingerprint density at radius 1 is 1.35 bits per heavy atom. The van der Waals surface area contributed by atoms with Crippen molar-refractivity contribution in [1.82, 2.24) is 10.2 Å². The number of rotatable bonds is 6. The molecule has 0 spiro atoms. The summed E-state index contributed by atoms with van der Waals surface area (Å²) >= 11 is 0. The zero-order chi connectivity index (χ0) is 14.4. The molecule has 2 rings (SSSR count). The molecule has 0 saturated carbocycles. The molecule has 1 unspecified atom stereocenters. The van der Waals surface area contributed by atoms with Gasteiger partial charge >= 0.3 is 0 Å². The number of benzene rings is 1. The Hall–Kier alpha value is -1.43. The van der Waals surface area contributed by atoms with Gasteiger partial charge in [0.15, 0.2) is 0 Å². The third kappa shape index (κ3) is 4.59. The van der Waals surface area contributed by atoms with E-state index in [0.29, 0.717) is 11.6 Å². The summed E-state index contributed by atoms with van der Waals surface area (Å²) in [6.07, 6.45) is 0. The molecule has 5 nitrogen and oxygen atoms in total. The number of amides is 1. The first-order valence-electron chi connectivity index (χ1n) is 7.07. The number of nitrogens with zero attached hydrogens (tertiary/aromatic N) is 1. The van der Waals surface area contributed by atoms with E-state index in [2.05, 4.69) is 17.1 Å². The van der Waals surface area contributed by atoms with E-state index in [0.717, 1.165) is 45.0 Å². The van der Waals surface area contributed by atoms with E-state index in [1.54, 1.807) is 12.1 Å². The van der Waals surface area contributed by atoms with Crippen LogP contribution in [0.2, 0.25) is 0 Å². The van der Waals surface area contributed by atoms with E-state index >= 15 is 0 Å². The molecule has 1 atom stereocenters. The van der Waals surface area contributed by atoms with Gasteiger partial charge in [-0.05, 0) is 24.6 Å². The fourth-order valence-corrected chi connectivity index (χ4v) is 2.31. The highest BCUT2D eigenvalue weighted by Crippen LogP contribution is 2.05.